The molecule has 0 aliphatic carbocycles. The van der Waals surface area contributed by atoms with Crippen LogP contribution >= 0.6 is 0 Å². The summed E-state index contributed by atoms with van der Waals surface area (Å²) in [6.07, 6.45) is 1.09. The van der Waals surface area contributed by atoms with Gasteiger partial charge in [0.25, 0.3) is 0 Å². The highest BCUT2D eigenvalue weighted by molar-refractivity contribution is 5.81. The van der Waals surface area contributed by atoms with Gasteiger partial charge < -0.3 is 10.6 Å². The van der Waals surface area contributed by atoms with Gasteiger partial charge in [0.1, 0.15) is 5.82 Å². The zero-order valence-corrected chi connectivity index (χ0v) is 12.8. The lowest BCUT2D eigenvalue weighted by atomic mass is 10.1. The molecule has 4 heteroatoms. The highest BCUT2D eigenvalue weighted by Gasteiger charge is 2.17. The minimum absolute atomic E-state index is 0.784. The van der Waals surface area contributed by atoms with Crippen LogP contribution in [0.25, 0.3) is 10.9 Å². The number of nitrogens with two attached hydrogens (primary N) is 1. The second-order valence-corrected chi connectivity index (χ2v) is 5.84. The average molecular weight is 284 g/mol. The Hall–Kier alpha value is -1.65. The van der Waals surface area contributed by atoms with Gasteiger partial charge in [-0.25, -0.2) is 4.98 Å². The van der Waals surface area contributed by atoms with E-state index in [1.54, 1.807) is 0 Å². The highest BCUT2D eigenvalue weighted by Crippen LogP contribution is 2.20. The van der Waals surface area contributed by atoms with E-state index in [4.69, 9.17) is 10.7 Å². The molecule has 4 nitrogen and oxygen atoms in total. The number of hydrogen-bond acceptors (Lipinski definition) is 4. The first-order valence-corrected chi connectivity index (χ1v) is 7.81. The van der Waals surface area contributed by atoms with Crippen molar-refractivity contribution in [3.05, 3.63) is 35.9 Å². The Kier molecular flexibility index (Phi) is 4.36. The molecule has 1 aliphatic rings. The van der Waals surface area contributed by atoms with Gasteiger partial charge in [0, 0.05) is 31.6 Å². The summed E-state index contributed by atoms with van der Waals surface area (Å²) in [5.74, 6) is 1.10. The molecule has 3 rings (SSSR count). The summed E-state index contributed by atoms with van der Waals surface area (Å²) in [7, 11) is 0. The molecule has 21 heavy (non-hydrogen) atoms. The van der Waals surface area contributed by atoms with Gasteiger partial charge in [0.15, 0.2) is 0 Å². The van der Waals surface area contributed by atoms with E-state index in [9.17, 15) is 0 Å². The number of anilines is 1. The molecule has 2 aromatic rings. The van der Waals surface area contributed by atoms with Gasteiger partial charge in [-0.3, -0.25) is 4.90 Å². The van der Waals surface area contributed by atoms with Gasteiger partial charge in [0.05, 0.1) is 5.52 Å². The molecule has 0 bridgehead atoms. The fourth-order valence-electron chi connectivity index (χ4n) is 2.93. The van der Waals surface area contributed by atoms with Crippen molar-refractivity contribution in [2.24, 2.45) is 5.73 Å². The molecule has 0 radical (unpaired) electrons. The Morgan fingerprint density at radius 3 is 2.67 bits per heavy atom. The maximum atomic E-state index is 5.58. The van der Waals surface area contributed by atoms with Crippen molar-refractivity contribution in [2.45, 2.75) is 13.3 Å². The molecule has 0 saturated carbocycles. The third kappa shape index (κ3) is 3.34. The van der Waals surface area contributed by atoms with E-state index >= 15 is 0 Å². The van der Waals surface area contributed by atoms with E-state index in [-0.39, 0.29) is 0 Å². The number of fused-ring (bicyclic) bond motifs is 1. The number of benzene rings is 1. The molecule has 1 saturated heterocycles. The maximum Gasteiger partial charge on any atom is 0.129 e. The second kappa shape index (κ2) is 6.41. The summed E-state index contributed by atoms with van der Waals surface area (Å²) >= 11 is 0. The Labute approximate surface area is 126 Å². The molecule has 1 aromatic heterocycles. The average Bonchev–Trinajstić information content (AvgIpc) is 2.53. The van der Waals surface area contributed by atoms with Crippen LogP contribution in [0.2, 0.25) is 0 Å². The van der Waals surface area contributed by atoms with E-state index in [1.807, 2.05) is 0 Å². The third-order valence-electron chi connectivity index (χ3n) is 4.20. The van der Waals surface area contributed by atoms with Crippen LogP contribution in [0.3, 0.4) is 0 Å². The van der Waals surface area contributed by atoms with Gasteiger partial charge in [-0.15, -0.1) is 0 Å². The van der Waals surface area contributed by atoms with Crippen molar-refractivity contribution < 1.29 is 0 Å². The standard InChI is InChI=1S/C17H24N4/c1-14-3-5-16-15(13-14)4-6-17(19-16)21-11-9-20(10-12-21)8-2-7-18/h3-6,13H,2,7-12,18H2,1H3. The molecule has 1 aliphatic heterocycles. The van der Waals surface area contributed by atoms with Crippen molar-refractivity contribution in [3.63, 3.8) is 0 Å². The van der Waals surface area contributed by atoms with E-state index < -0.39 is 0 Å². The molecule has 1 fully saturated rings. The van der Waals surface area contributed by atoms with Gasteiger partial charge in [0.2, 0.25) is 0 Å². The summed E-state index contributed by atoms with van der Waals surface area (Å²) in [6, 6.07) is 10.8. The van der Waals surface area contributed by atoms with Gasteiger partial charge >= 0.3 is 0 Å². The summed E-state index contributed by atoms with van der Waals surface area (Å²) in [6.45, 7) is 8.33. The van der Waals surface area contributed by atoms with Crippen LogP contribution in [-0.2, 0) is 0 Å². The zero-order chi connectivity index (χ0) is 14.7. The molecular weight excluding hydrogens is 260 g/mol. The third-order valence-corrected chi connectivity index (χ3v) is 4.20. The first kappa shape index (κ1) is 14.3. The summed E-state index contributed by atoms with van der Waals surface area (Å²) in [4.78, 5) is 9.70. The van der Waals surface area contributed by atoms with Crippen LogP contribution in [0.5, 0.6) is 0 Å². The number of nitrogens with zero attached hydrogens (tertiary/aromatic N) is 3. The lowest BCUT2D eigenvalue weighted by Crippen LogP contribution is -2.47. The monoisotopic (exact) mass is 284 g/mol. The molecule has 0 atom stereocenters. The molecule has 112 valence electrons. The lowest BCUT2D eigenvalue weighted by molar-refractivity contribution is 0.256. The molecule has 0 unspecified atom stereocenters. The Morgan fingerprint density at radius 2 is 1.90 bits per heavy atom. The topological polar surface area (TPSA) is 45.4 Å². The minimum Gasteiger partial charge on any atom is -0.354 e. The van der Waals surface area contributed by atoms with Crippen LogP contribution in [0, 0.1) is 6.92 Å². The number of hydrogen-bond donors (Lipinski definition) is 1. The zero-order valence-electron chi connectivity index (χ0n) is 12.8. The van der Waals surface area contributed by atoms with Gasteiger partial charge in [-0.2, -0.15) is 0 Å². The van der Waals surface area contributed by atoms with Crippen LogP contribution in [-0.4, -0.2) is 49.2 Å². The molecular formula is C17H24N4. The van der Waals surface area contributed by atoms with Crippen LogP contribution < -0.4 is 10.6 Å². The molecule has 2 heterocycles. The fourth-order valence-corrected chi connectivity index (χ4v) is 2.93. The smallest absolute Gasteiger partial charge is 0.129 e. The van der Waals surface area contributed by atoms with Crippen molar-refractivity contribution in [3.8, 4) is 0 Å². The van der Waals surface area contributed by atoms with Crippen molar-refractivity contribution in [1.29, 1.82) is 0 Å². The predicted molar refractivity (Wildman–Crippen MR) is 88.8 cm³/mol. The number of aromatic nitrogens is 1. The van der Waals surface area contributed by atoms with Crippen molar-refractivity contribution in [1.82, 2.24) is 9.88 Å². The molecule has 1 aromatic carbocycles. The number of rotatable bonds is 4. The van der Waals surface area contributed by atoms with E-state index in [0.717, 1.165) is 57.0 Å². The summed E-state index contributed by atoms with van der Waals surface area (Å²) < 4.78 is 0. The van der Waals surface area contributed by atoms with Crippen LogP contribution in [0.15, 0.2) is 30.3 Å². The number of piperazine rings is 1. The number of aryl methyl sites for hydroxylation is 1. The van der Waals surface area contributed by atoms with Crippen LogP contribution in [0.1, 0.15) is 12.0 Å². The summed E-state index contributed by atoms with van der Waals surface area (Å²) in [5, 5.41) is 1.22. The normalized spacial score (nSPS) is 16.6. The van der Waals surface area contributed by atoms with Crippen molar-refractivity contribution in [2.75, 3.05) is 44.2 Å². The minimum atomic E-state index is 0.784. The van der Waals surface area contributed by atoms with E-state index in [0.29, 0.717) is 0 Å². The first-order chi connectivity index (χ1) is 10.3. The molecule has 0 spiro atoms. The van der Waals surface area contributed by atoms with E-state index in [1.165, 1.54) is 10.9 Å². The van der Waals surface area contributed by atoms with Gasteiger partial charge in [-0.05, 0) is 50.7 Å². The Morgan fingerprint density at radius 1 is 1.10 bits per heavy atom. The summed E-state index contributed by atoms with van der Waals surface area (Å²) in [5.41, 5.74) is 7.95. The fraction of sp³-hybridized carbons (Fsp3) is 0.471. The highest BCUT2D eigenvalue weighted by atomic mass is 15.3. The second-order valence-electron chi connectivity index (χ2n) is 5.84. The molecule has 0 amide bonds. The SMILES string of the molecule is Cc1ccc2nc(N3CCN(CCCN)CC3)ccc2c1. The lowest BCUT2D eigenvalue weighted by Gasteiger charge is -2.35. The molecule has 2 N–H and O–H groups in total. The largest absolute Gasteiger partial charge is 0.354 e. The van der Waals surface area contributed by atoms with E-state index in [2.05, 4.69) is 47.1 Å². The quantitative estimate of drug-likeness (QED) is 0.933. The van der Waals surface area contributed by atoms with Crippen LogP contribution in [0.4, 0.5) is 5.82 Å². The predicted octanol–water partition coefficient (Wildman–Crippen LogP) is 2.01. The Bertz CT molecular complexity index is 603. The van der Waals surface area contributed by atoms with Gasteiger partial charge in [-0.1, -0.05) is 11.6 Å². The Balaban J connectivity index is 1.69. The first-order valence-electron chi connectivity index (χ1n) is 7.81. The van der Waals surface area contributed by atoms with Crippen molar-refractivity contribution >= 4 is 16.7 Å². The number of pyridine rings is 1. The maximum absolute atomic E-state index is 5.58.